The van der Waals surface area contributed by atoms with Crippen molar-refractivity contribution in [3.05, 3.63) is 94.9 Å². The van der Waals surface area contributed by atoms with E-state index in [0.29, 0.717) is 30.9 Å². The van der Waals surface area contributed by atoms with Crippen LogP contribution in [0.4, 0.5) is 4.39 Å². The number of aromatic carboxylic acids is 1. The molecule has 6 nitrogen and oxygen atoms in total. The average Bonchev–Trinajstić information content (AvgIpc) is 3.13. The van der Waals surface area contributed by atoms with Crippen molar-refractivity contribution in [2.24, 2.45) is 0 Å². The van der Waals surface area contributed by atoms with Crippen LogP contribution in [0.3, 0.4) is 0 Å². The molecule has 0 aliphatic rings. The minimum atomic E-state index is -1.02. The highest BCUT2D eigenvalue weighted by atomic mass is 19.1. The molecule has 2 N–H and O–H groups in total. The van der Waals surface area contributed by atoms with Gasteiger partial charge in [-0.25, -0.2) is 9.18 Å². The van der Waals surface area contributed by atoms with Gasteiger partial charge in [0.2, 0.25) is 0 Å². The van der Waals surface area contributed by atoms with Crippen molar-refractivity contribution in [3.63, 3.8) is 0 Å². The molecule has 0 aliphatic carbocycles. The van der Waals surface area contributed by atoms with Crippen molar-refractivity contribution >= 4 is 16.9 Å². The third-order valence-electron chi connectivity index (χ3n) is 5.60. The Labute approximate surface area is 191 Å². The van der Waals surface area contributed by atoms with E-state index in [2.05, 4.69) is 5.32 Å². The molecule has 4 rings (SSSR count). The van der Waals surface area contributed by atoms with Crippen molar-refractivity contribution in [1.29, 1.82) is 0 Å². The number of nitrogens with zero attached hydrogens (tertiary/aromatic N) is 1. The van der Waals surface area contributed by atoms with Crippen LogP contribution < -0.4 is 14.8 Å². The van der Waals surface area contributed by atoms with Gasteiger partial charge >= 0.3 is 5.97 Å². The summed E-state index contributed by atoms with van der Waals surface area (Å²) in [5, 5.41) is 14.3. The quantitative estimate of drug-likeness (QED) is 0.384. The molecule has 0 atom stereocenters. The normalized spacial score (nSPS) is 11.0. The van der Waals surface area contributed by atoms with Gasteiger partial charge in [0, 0.05) is 36.7 Å². The number of hydrogen-bond acceptors (Lipinski definition) is 4. The molecule has 0 spiro atoms. The number of carbonyl (C=O) groups is 1. The van der Waals surface area contributed by atoms with Gasteiger partial charge in [0.05, 0.1) is 19.7 Å². The number of carboxylic acids is 1. The van der Waals surface area contributed by atoms with Crippen LogP contribution in [-0.4, -0.2) is 29.9 Å². The van der Waals surface area contributed by atoms with Crippen LogP contribution in [0.1, 0.15) is 27.2 Å². The van der Waals surface area contributed by atoms with Crippen LogP contribution in [0, 0.1) is 5.82 Å². The molecule has 0 unspecified atom stereocenters. The highest BCUT2D eigenvalue weighted by Gasteiger charge is 2.23. The summed E-state index contributed by atoms with van der Waals surface area (Å²) < 4.78 is 25.8. The van der Waals surface area contributed by atoms with Crippen molar-refractivity contribution in [1.82, 2.24) is 9.88 Å². The largest absolute Gasteiger partial charge is 0.497 e. The summed E-state index contributed by atoms with van der Waals surface area (Å²) in [4.78, 5) is 12.4. The van der Waals surface area contributed by atoms with Crippen LogP contribution in [0.2, 0.25) is 0 Å². The topological polar surface area (TPSA) is 72.7 Å². The molecule has 0 bridgehead atoms. The number of fused-ring (bicyclic) bond motifs is 1. The van der Waals surface area contributed by atoms with Crippen LogP contribution >= 0.6 is 0 Å². The Morgan fingerprint density at radius 1 is 0.939 bits per heavy atom. The van der Waals surface area contributed by atoms with Crippen molar-refractivity contribution in [2.75, 3.05) is 14.2 Å². The van der Waals surface area contributed by atoms with Crippen LogP contribution in [0.25, 0.3) is 10.9 Å². The van der Waals surface area contributed by atoms with E-state index < -0.39 is 5.97 Å². The van der Waals surface area contributed by atoms with Crippen LogP contribution in [0.15, 0.2) is 66.7 Å². The number of halogens is 1. The summed E-state index contributed by atoms with van der Waals surface area (Å²) in [5.41, 5.74) is 3.46. The summed E-state index contributed by atoms with van der Waals surface area (Å²) in [6.07, 6.45) is 0. The molecule has 3 aromatic carbocycles. The number of rotatable bonds is 9. The zero-order chi connectivity index (χ0) is 23.4. The van der Waals surface area contributed by atoms with Gasteiger partial charge in [-0.15, -0.1) is 0 Å². The molecular weight excluding hydrogens is 423 g/mol. The van der Waals surface area contributed by atoms with Gasteiger partial charge in [-0.05, 0) is 47.5 Å². The van der Waals surface area contributed by atoms with E-state index in [1.54, 1.807) is 30.9 Å². The minimum Gasteiger partial charge on any atom is -0.497 e. The fourth-order valence-electron chi connectivity index (χ4n) is 4.00. The first-order valence-corrected chi connectivity index (χ1v) is 10.5. The number of benzene rings is 3. The Morgan fingerprint density at radius 3 is 2.36 bits per heavy atom. The fourth-order valence-corrected chi connectivity index (χ4v) is 4.00. The van der Waals surface area contributed by atoms with E-state index >= 15 is 0 Å². The Morgan fingerprint density at radius 2 is 1.67 bits per heavy atom. The molecule has 170 valence electrons. The molecule has 7 heteroatoms. The Hall–Kier alpha value is -3.84. The minimum absolute atomic E-state index is 0.195. The molecule has 4 aromatic rings. The van der Waals surface area contributed by atoms with Crippen LogP contribution in [0.5, 0.6) is 11.5 Å². The lowest BCUT2D eigenvalue weighted by molar-refractivity contribution is 0.0684. The summed E-state index contributed by atoms with van der Waals surface area (Å²) in [5.74, 6) is 0.0424. The molecule has 0 fully saturated rings. The number of methoxy groups -OCH3 is 2. The Bertz CT molecular complexity index is 1280. The maximum atomic E-state index is 13.4. The zero-order valence-corrected chi connectivity index (χ0v) is 18.5. The fraction of sp³-hybridized carbons (Fsp3) is 0.192. The molecule has 1 aromatic heterocycles. The lowest BCUT2D eigenvalue weighted by Gasteiger charge is -2.11. The summed E-state index contributed by atoms with van der Waals surface area (Å²) in [6, 6.07) is 19.3. The molecule has 0 radical (unpaired) electrons. The van der Waals surface area contributed by atoms with E-state index in [9.17, 15) is 14.3 Å². The lowest BCUT2D eigenvalue weighted by Crippen LogP contribution is -2.17. The number of carboxylic acid groups (broad SMARTS) is 1. The zero-order valence-electron chi connectivity index (χ0n) is 18.5. The van der Waals surface area contributed by atoms with Gasteiger partial charge in [-0.3, -0.25) is 0 Å². The molecule has 1 heterocycles. The lowest BCUT2D eigenvalue weighted by atomic mass is 10.1. The molecule has 0 amide bonds. The summed E-state index contributed by atoms with van der Waals surface area (Å²) in [6.45, 7) is 1.20. The number of aromatic nitrogens is 1. The van der Waals surface area contributed by atoms with Gasteiger partial charge in [0.1, 0.15) is 23.0 Å². The smallest absolute Gasteiger partial charge is 0.352 e. The molecule has 0 aliphatic heterocycles. The first-order chi connectivity index (χ1) is 16.0. The molecule has 33 heavy (non-hydrogen) atoms. The van der Waals surface area contributed by atoms with Gasteiger partial charge in [-0.2, -0.15) is 0 Å². The summed E-state index contributed by atoms with van der Waals surface area (Å²) in [7, 11) is 3.19. The highest BCUT2D eigenvalue weighted by Crippen LogP contribution is 2.31. The van der Waals surface area contributed by atoms with Gasteiger partial charge in [0.25, 0.3) is 0 Å². The van der Waals surface area contributed by atoms with Gasteiger partial charge in [-0.1, -0.05) is 24.3 Å². The van der Waals surface area contributed by atoms with Crippen molar-refractivity contribution < 1.29 is 23.8 Å². The van der Waals surface area contributed by atoms with E-state index in [1.165, 1.54) is 12.1 Å². The Kier molecular flexibility index (Phi) is 6.60. The second-order valence-electron chi connectivity index (χ2n) is 7.68. The van der Waals surface area contributed by atoms with Gasteiger partial charge < -0.3 is 24.5 Å². The van der Waals surface area contributed by atoms with Crippen LogP contribution in [-0.2, 0) is 19.6 Å². The van der Waals surface area contributed by atoms with E-state index in [4.69, 9.17) is 9.47 Å². The first kappa shape index (κ1) is 22.4. The standard InChI is InChI=1S/C26H25FN2O4/c1-32-20-5-3-4-18(12-20)14-28-15-23-22-11-10-21(33-2)13-24(22)29(25(23)26(30)31)16-17-6-8-19(27)9-7-17/h3-13,28H,14-16H2,1-2H3,(H,30,31). The van der Waals surface area contributed by atoms with E-state index in [-0.39, 0.29) is 11.5 Å². The summed E-state index contributed by atoms with van der Waals surface area (Å²) >= 11 is 0. The van der Waals surface area contributed by atoms with Crippen molar-refractivity contribution in [2.45, 2.75) is 19.6 Å². The predicted molar refractivity (Wildman–Crippen MR) is 124 cm³/mol. The van der Waals surface area contributed by atoms with Crippen molar-refractivity contribution in [3.8, 4) is 11.5 Å². The third-order valence-corrected chi connectivity index (χ3v) is 5.60. The monoisotopic (exact) mass is 448 g/mol. The maximum absolute atomic E-state index is 13.4. The third kappa shape index (κ3) is 4.83. The molecule has 0 saturated heterocycles. The number of hydrogen-bond donors (Lipinski definition) is 2. The predicted octanol–water partition coefficient (Wildman–Crippen LogP) is 4.83. The SMILES string of the molecule is COc1cccc(CNCc2c(C(=O)O)n(Cc3ccc(F)cc3)c3cc(OC)ccc23)c1. The second kappa shape index (κ2) is 9.75. The average molecular weight is 448 g/mol. The molecular formula is C26H25FN2O4. The second-order valence-corrected chi connectivity index (χ2v) is 7.68. The highest BCUT2D eigenvalue weighted by molar-refractivity contribution is 5.98. The number of ether oxygens (including phenoxy) is 2. The number of nitrogens with one attached hydrogen (secondary N) is 1. The van der Waals surface area contributed by atoms with Gasteiger partial charge in [0.15, 0.2) is 0 Å². The first-order valence-electron chi connectivity index (χ1n) is 10.5. The van der Waals surface area contributed by atoms with E-state index in [0.717, 1.165) is 27.8 Å². The maximum Gasteiger partial charge on any atom is 0.352 e. The van der Waals surface area contributed by atoms with E-state index in [1.807, 2.05) is 42.5 Å². The molecule has 0 saturated carbocycles. The Balaban J connectivity index is 1.72.